The molecule has 0 spiro atoms. The molecule has 3 rings (SSSR count). The maximum absolute atomic E-state index is 3.41. The van der Waals surface area contributed by atoms with Gasteiger partial charge in [-0.1, -0.05) is 41.3 Å². The van der Waals surface area contributed by atoms with E-state index in [1.807, 2.05) is 25.9 Å². The van der Waals surface area contributed by atoms with Crippen LogP contribution in [0.3, 0.4) is 0 Å². The summed E-state index contributed by atoms with van der Waals surface area (Å²) in [6.45, 7) is 2.91. The van der Waals surface area contributed by atoms with Crippen molar-refractivity contribution in [2.45, 2.75) is 21.6 Å². The largest absolute Gasteiger partial charge is 0.299 e. The van der Waals surface area contributed by atoms with Gasteiger partial charge in [-0.3, -0.25) is 4.90 Å². The Hall–Kier alpha value is -1.60. The second-order valence-corrected chi connectivity index (χ2v) is 8.07. The van der Waals surface area contributed by atoms with Crippen LogP contribution in [0.1, 0.15) is 16.7 Å². The van der Waals surface area contributed by atoms with E-state index in [-0.39, 0.29) is 0 Å². The fraction of sp³-hybridized carbons (Fsp3) is 0.238. The van der Waals surface area contributed by atoms with E-state index in [1.54, 1.807) is 11.8 Å². The molecule has 0 aliphatic carbocycles. The standard InChI is InChI=1S/C21H21NS2/c1-15-7-9-20-17(12-15)13-16(6-5-11-22(2)3)19-14-18(23-4)8-10-21(19)24-20/h7-10,12-14H,11H2,1-4H3. The summed E-state index contributed by atoms with van der Waals surface area (Å²) in [5.41, 5.74) is 4.89. The quantitative estimate of drug-likeness (QED) is 0.535. The molecule has 0 fully saturated rings. The molecule has 2 aromatic carbocycles. The molecule has 0 aromatic heterocycles. The van der Waals surface area contributed by atoms with E-state index in [2.05, 4.69) is 72.4 Å². The SMILES string of the molecule is CSc1ccc2c(c1)C(C#CCN(C)C)=Cc1cc(C)ccc1S2. The molecule has 2 aromatic rings. The van der Waals surface area contributed by atoms with Crippen LogP contribution >= 0.6 is 23.5 Å². The summed E-state index contributed by atoms with van der Waals surface area (Å²) in [5.74, 6) is 6.71. The summed E-state index contributed by atoms with van der Waals surface area (Å²) < 4.78 is 0. The third-order valence-electron chi connectivity index (χ3n) is 3.78. The molecule has 0 unspecified atom stereocenters. The zero-order valence-electron chi connectivity index (χ0n) is 14.5. The van der Waals surface area contributed by atoms with E-state index >= 15 is 0 Å². The third-order valence-corrected chi connectivity index (χ3v) is 5.67. The van der Waals surface area contributed by atoms with Gasteiger partial charge in [-0.25, -0.2) is 0 Å². The Morgan fingerprint density at radius 3 is 2.62 bits per heavy atom. The average molecular weight is 352 g/mol. The van der Waals surface area contributed by atoms with E-state index in [9.17, 15) is 0 Å². The van der Waals surface area contributed by atoms with Gasteiger partial charge in [0.15, 0.2) is 0 Å². The molecule has 0 N–H and O–H groups in total. The molecule has 1 heterocycles. The predicted octanol–water partition coefficient (Wildman–Crippen LogP) is 5.29. The minimum absolute atomic E-state index is 0.767. The number of hydrogen-bond acceptors (Lipinski definition) is 3. The van der Waals surface area contributed by atoms with Gasteiger partial charge in [-0.2, -0.15) is 0 Å². The first-order valence-electron chi connectivity index (χ1n) is 7.89. The lowest BCUT2D eigenvalue weighted by Crippen LogP contribution is -2.10. The Balaban J connectivity index is 2.15. The molecule has 0 bridgehead atoms. The second-order valence-electron chi connectivity index (χ2n) is 6.10. The number of aryl methyl sites for hydroxylation is 1. The number of rotatable bonds is 2. The monoisotopic (exact) mass is 351 g/mol. The Morgan fingerprint density at radius 1 is 1.08 bits per heavy atom. The lowest BCUT2D eigenvalue weighted by atomic mass is 10.0. The molecule has 1 aliphatic rings. The number of thioether (sulfide) groups is 1. The third kappa shape index (κ3) is 3.89. The molecule has 0 atom stereocenters. The topological polar surface area (TPSA) is 3.24 Å². The molecule has 24 heavy (non-hydrogen) atoms. The van der Waals surface area contributed by atoms with Gasteiger partial charge < -0.3 is 0 Å². The molecule has 122 valence electrons. The summed E-state index contributed by atoms with van der Waals surface area (Å²) in [6.07, 6.45) is 4.36. The molecule has 0 saturated carbocycles. The van der Waals surface area contributed by atoms with Gasteiger partial charge in [-0.05, 0) is 63.2 Å². The van der Waals surface area contributed by atoms with Crippen molar-refractivity contribution in [3.05, 3.63) is 53.1 Å². The minimum atomic E-state index is 0.767. The normalized spacial score (nSPS) is 12.6. The van der Waals surface area contributed by atoms with Crippen LogP contribution in [0.4, 0.5) is 0 Å². The zero-order valence-corrected chi connectivity index (χ0v) is 16.1. The zero-order chi connectivity index (χ0) is 17.1. The molecule has 0 amide bonds. The van der Waals surface area contributed by atoms with Crippen LogP contribution in [0, 0.1) is 18.8 Å². The highest BCUT2D eigenvalue weighted by Crippen LogP contribution is 2.41. The summed E-state index contributed by atoms with van der Waals surface area (Å²) in [4.78, 5) is 5.94. The Labute approximate surface area is 153 Å². The Kier molecular flexibility index (Phi) is 5.40. The molecule has 1 nitrogen and oxygen atoms in total. The van der Waals surface area contributed by atoms with Crippen molar-refractivity contribution in [1.29, 1.82) is 0 Å². The van der Waals surface area contributed by atoms with Gasteiger partial charge in [0, 0.05) is 25.8 Å². The van der Waals surface area contributed by atoms with Crippen molar-refractivity contribution >= 4 is 35.2 Å². The van der Waals surface area contributed by atoms with Crippen LogP contribution in [-0.4, -0.2) is 31.8 Å². The molecule has 3 heteroatoms. The highest BCUT2D eigenvalue weighted by molar-refractivity contribution is 7.99. The van der Waals surface area contributed by atoms with Crippen LogP contribution in [-0.2, 0) is 0 Å². The van der Waals surface area contributed by atoms with Gasteiger partial charge in [0.1, 0.15) is 0 Å². The minimum Gasteiger partial charge on any atom is -0.299 e. The molecular formula is C21H21NS2. The summed E-state index contributed by atoms with van der Waals surface area (Å²) in [6, 6.07) is 13.3. The lowest BCUT2D eigenvalue weighted by molar-refractivity contribution is 0.464. The van der Waals surface area contributed by atoms with Gasteiger partial charge in [-0.15, -0.1) is 11.8 Å². The van der Waals surface area contributed by atoms with Crippen LogP contribution in [0.2, 0.25) is 0 Å². The highest BCUT2D eigenvalue weighted by Gasteiger charge is 2.15. The highest BCUT2D eigenvalue weighted by atomic mass is 32.2. The summed E-state index contributed by atoms with van der Waals surface area (Å²) in [5, 5.41) is 0. The van der Waals surface area contributed by atoms with Crippen LogP contribution < -0.4 is 0 Å². The van der Waals surface area contributed by atoms with Gasteiger partial charge in [0.05, 0.1) is 6.54 Å². The Bertz CT molecular complexity index is 854. The number of hydrogen-bond donors (Lipinski definition) is 0. The average Bonchev–Trinajstić information content (AvgIpc) is 2.70. The maximum Gasteiger partial charge on any atom is 0.0600 e. The van der Waals surface area contributed by atoms with E-state index in [0.717, 1.165) is 12.1 Å². The predicted molar refractivity (Wildman–Crippen MR) is 108 cm³/mol. The fourth-order valence-corrected chi connectivity index (χ4v) is 4.02. The van der Waals surface area contributed by atoms with E-state index in [1.165, 1.54) is 31.4 Å². The van der Waals surface area contributed by atoms with Crippen LogP contribution in [0.5, 0.6) is 0 Å². The fourth-order valence-electron chi connectivity index (χ4n) is 2.56. The van der Waals surface area contributed by atoms with E-state index in [4.69, 9.17) is 0 Å². The summed E-state index contributed by atoms with van der Waals surface area (Å²) in [7, 11) is 4.09. The first-order chi connectivity index (χ1) is 11.6. The number of fused-ring (bicyclic) bond motifs is 2. The van der Waals surface area contributed by atoms with Gasteiger partial charge >= 0.3 is 0 Å². The first kappa shape index (κ1) is 17.2. The van der Waals surface area contributed by atoms with Crippen molar-refractivity contribution in [3.8, 4) is 11.8 Å². The second kappa shape index (κ2) is 7.53. The van der Waals surface area contributed by atoms with Crippen molar-refractivity contribution < 1.29 is 0 Å². The lowest BCUT2D eigenvalue weighted by Gasteiger charge is -2.09. The molecular weight excluding hydrogens is 330 g/mol. The molecule has 0 radical (unpaired) electrons. The van der Waals surface area contributed by atoms with E-state index < -0.39 is 0 Å². The number of nitrogens with zero attached hydrogens (tertiary/aromatic N) is 1. The molecule has 1 aliphatic heterocycles. The number of benzene rings is 2. The van der Waals surface area contributed by atoms with Crippen LogP contribution in [0.25, 0.3) is 11.6 Å². The number of allylic oxidation sites excluding steroid dienone is 1. The smallest absolute Gasteiger partial charge is 0.0600 e. The van der Waals surface area contributed by atoms with Crippen molar-refractivity contribution in [1.82, 2.24) is 4.90 Å². The van der Waals surface area contributed by atoms with E-state index in [0.29, 0.717) is 0 Å². The Morgan fingerprint density at radius 2 is 1.88 bits per heavy atom. The van der Waals surface area contributed by atoms with Gasteiger partial charge in [0.25, 0.3) is 0 Å². The molecule has 0 saturated heterocycles. The van der Waals surface area contributed by atoms with Crippen molar-refractivity contribution in [3.63, 3.8) is 0 Å². The first-order valence-corrected chi connectivity index (χ1v) is 9.93. The van der Waals surface area contributed by atoms with Gasteiger partial charge in [0.2, 0.25) is 0 Å². The summed E-state index contributed by atoms with van der Waals surface area (Å²) >= 11 is 3.61. The maximum atomic E-state index is 3.41. The van der Waals surface area contributed by atoms with Crippen LogP contribution in [0.15, 0.2) is 51.1 Å². The van der Waals surface area contributed by atoms with Crippen molar-refractivity contribution in [2.24, 2.45) is 0 Å². The van der Waals surface area contributed by atoms with Crippen molar-refractivity contribution in [2.75, 3.05) is 26.9 Å².